The minimum atomic E-state index is 0.664. The molecule has 0 N–H and O–H groups in total. The summed E-state index contributed by atoms with van der Waals surface area (Å²) >= 11 is 5.99. The molecular weight excluding hydrogens is 200 g/mol. The van der Waals surface area contributed by atoms with Gasteiger partial charge in [-0.05, 0) is 17.7 Å². The third kappa shape index (κ3) is 4.00. The summed E-state index contributed by atoms with van der Waals surface area (Å²) in [5.41, 5.74) is 0. The Morgan fingerprint density at radius 2 is 2.15 bits per heavy atom. The summed E-state index contributed by atoms with van der Waals surface area (Å²) in [4.78, 5) is 8.29. The maximum absolute atomic E-state index is 4.29. The minimum Gasteiger partial charge on any atom is -0.231 e. The van der Waals surface area contributed by atoms with Gasteiger partial charge in [0.15, 0.2) is 5.16 Å². The van der Waals surface area contributed by atoms with E-state index in [-0.39, 0.29) is 0 Å². The lowest BCUT2D eigenvalue weighted by molar-refractivity contribution is 0.648. The molecule has 2 nitrogen and oxygen atoms in total. The lowest BCUT2D eigenvalue weighted by atomic mass is 10.2. The van der Waals surface area contributed by atoms with E-state index in [2.05, 4.69) is 29.5 Å². The van der Waals surface area contributed by atoms with E-state index < -0.39 is 0 Å². The minimum absolute atomic E-state index is 0.664. The molecule has 4 heteroatoms. The normalized spacial score (nSPS) is 12.8. The molecule has 1 aromatic heterocycles. The Kier molecular flexibility index (Phi) is 5.23. The lowest BCUT2D eigenvalue weighted by Crippen LogP contribution is -2.04. The van der Waals surface area contributed by atoms with E-state index in [0.717, 1.165) is 16.7 Å². The van der Waals surface area contributed by atoms with Crippen molar-refractivity contribution in [1.29, 1.82) is 0 Å². The average molecular weight is 214 g/mol. The Morgan fingerprint density at radius 3 is 2.69 bits per heavy atom. The molecule has 0 saturated carbocycles. The molecule has 1 aromatic rings. The zero-order valence-electron chi connectivity index (χ0n) is 7.68. The van der Waals surface area contributed by atoms with Crippen molar-refractivity contribution in [2.45, 2.75) is 18.5 Å². The quantitative estimate of drug-likeness (QED) is 0.463. The third-order valence-electron chi connectivity index (χ3n) is 1.83. The summed E-state index contributed by atoms with van der Waals surface area (Å²) in [6, 6.07) is 1.83. The van der Waals surface area contributed by atoms with Crippen molar-refractivity contribution >= 4 is 24.4 Å². The van der Waals surface area contributed by atoms with Crippen molar-refractivity contribution in [2.24, 2.45) is 5.92 Å². The SMILES string of the molecule is CCC(CS)CSc1ncccn1. The Labute approximate surface area is 89.0 Å². The van der Waals surface area contributed by atoms with Crippen molar-refractivity contribution in [3.8, 4) is 0 Å². The predicted molar refractivity (Wildman–Crippen MR) is 60.4 cm³/mol. The topological polar surface area (TPSA) is 25.8 Å². The fourth-order valence-corrected chi connectivity index (χ4v) is 2.42. The van der Waals surface area contributed by atoms with Gasteiger partial charge in [-0.2, -0.15) is 12.6 Å². The number of hydrogen-bond donors (Lipinski definition) is 1. The zero-order valence-corrected chi connectivity index (χ0v) is 9.39. The molecular formula is C9H14N2S2. The van der Waals surface area contributed by atoms with Crippen LogP contribution in [0.5, 0.6) is 0 Å². The molecule has 1 unspecified atom stereocenters. The van der Waals surface area contributed by atoms with E-state index in [1.807, 2.05) is 6.07 Å². The fourth-order valence-electron chi connectivity index (χ4n) is 0.852. The van der Waals surface area contributed by atoms with Gasteiger partial charge in [-0.3, -0.25) is 0 Å². The van der Waals surface area contributed by atoms with Crippen molar-refractivity contribution in [2.75, 3.05) is 11.5 Å². The van der Waals surface area contributed by atoms with Crippen LogP contribution in [0.25, 0.3) is 0 Å². The molecule has 1 rings (SSSR count). The largest absolute Gasteiger partial charge is 0.231 e. The van der Waals surface area contributed by atoms with Crippen LogP contribution in [0.3, 0.4) is 0 Å². The highest BCUT2D eigenvalue weighted by atomic mass is 32.2. The Bertz CT molecular complexity index is 224. The highest BCUT2D eigenvalue weighted by molar-refractivity contribution is 7.99. The average Bonchev–Trinajstić information content (AvgIpc) is 2.21. The molecule has 0 spiro atoms. The van der Waals surface area contributed by atoms with Crippen LogP contribution in [-0.4, -0.2) is 21.5 Å². The van der Waals surface area contributed by atoms with E-state index in [4.69, 9.17) is 0 Å². The molecule has 0 fully saturated rings. The monoisotopic (exact) mass is 214 g/mol. The molecule has 0 aliphatic carbocycles. The molecule has 0 aromatic carbocycles. The molecule has 0 aliphatic rings. The van der Waals surface area contributed by atoms with Crippen molar-refractivity contribution < 1.29 is 0 Å². The third-order valence-corrected chi connectivity index (χ3v) is 3.45. The lowest BCUT2D eigenvalue weighted by Gasteiger charge is -2.09. The van der Waals surface area contributed by atoms with Crippen molar-refractivity contribution in [3.63, 3.8) is 0 Å². The van der Waals surface area contributed by atoms with Gasteiger partial charge in [0.25, 0.3) is 0 Å². The maximum atomic E-state index is 4.29. The molecule has 0 radical (unpaired) electrons. The molecule has 0 bridgehead atoms. The summed E-state index contributed by atoms with van der Waals surface area (Å²) in [6.45, 7) is 2.19. The van der Waals surface area contributed by atoms with E-state index in [1.54, 1.807) is 24.2 Å². The standard InChI is InChI=1S/C9H14N2S2/c1-2-8(6-12)7-13-9-10-4-3-5-11-9/h3-5,8,12H,2,6-7H2,1H3. The molecule has 0 amide bonds. The molecule has 1 atom stereocenters. The fraction of sp³-hybridized carbons (Fsp3) is 0.556. The van der Waals surface area contributed by atoms with Crippen LogP contribution in [0.15, 0.2) is 23.6 Å². The number of thioether (sulfide) groups is 1. The van der Waals surface area contributed by atoms with Gasteiger partial charge in [-0.15, -0.1) is 0 Å². The van der Waals surface area contributed by atoms with Gasteiger partial charge in [-0.1, -0.05) is 25.1 Å². The van der Waals surface area contributed by atoms with Gasteiger partial charge in [0, 0.05) is 18.1 Å². The first-order chi connectivity index (χ1) is 6.36. The van der Waals surface area contributed by atoms with Gasteiger partial charge in [0.2, 0.25) is 0 Å². The van der Waals surface area contributed by atoms with Gasteiger partial charge in [-0.25, -0.2) is 9.97 Å². The summed E-state index contributed by atoms with van der Waals surface area (Å²) in [5, 5.41) is 0.864. The second-order valence-corrected chi connectivity index (χ2v) is 4.15. The molecule has 72 valence electrons. The highest BCUT2D eigenvalue weighted by Crippen LogP contribution is 2.18. The summed E-state index contributed by atoms with van der Waals surface area (Å²) < 4.78 is 0. The first-order valence-electron chi connectivity index (χ1n) is 4.37. The first kappa shape index (κ1) is 10.9. The number of hydrogen-bond acceptors (Lipinski definition) is 4. The number of aromatic nitrogens is 2. The van der Waals surface area contributed by atoms with Crippen LogP contribution < -0.4 is 0 Å². The van der Waals surface area contributed by atoms with E-state index >= 15 is 0 Å². The van der Waals surface area contributed by atoms with E-state index in [9.17, 15) is 0 Å². The molecule has 0 aliphatic heterocycles. The second-order valence-electron chi connectivity index (χ2n) is 2.80. The number of thiol groups is 1. The van der Waals surface area contributed by atoms with Crippen molar-refractivity contribution in [1.82, 2.24) is 9.97 Å². The van der Waals surface area contributed by atoms with E-state index in [0.29, 0.717) is 5.92 Å². The van der Waals surface area contributed by atoms with Gasteiger partial charge in [0.05, 0.1) is 0 Å². The van der Waals surface area contributed by atoms with Gasteiger partial charge < -0.3 is 0 Å². The summed E-state index contributed by atoms with van der Waals surface area (Å²) in [6.07, 6.45) is 4.72. The second kappa shape index (κ2) is 6.27. The van der Waals surface area contributed by atoms with Crippen LogP contribution in [0.2, 0.25) is 0 Å². The van der Waals surface area contributed by atoms with Crippen LogP contribution >= 0.6 is 24.4 Å². The Hall–Kier alpha value is -0.220. The van der Waals surface area contributed by atoms with Gasteiger partial charge >= 0.3 is 0 Å². The van der Waals surface area contributed by atoms with E-state index in [1.165, 1.54) is 6.42 Å². The van der Waals surface area contributed by atoms with Gasteiger partial charge in [0.1, 0.15) is 0 Å². The van der Waals surface area contributed by atoms with Crippen LogP contribution in [-0.2, 0) is 0 Å². The Morgan fingerprint density at radius 1 is 1.46 bits per heavy atom. The Balaban J connectivity index is 2.34. The first-order valence-corrected chi connectivity index (χ1v) is 5.99. The zero-order chi connectivity index (χ0) is 9.52. The highest BCUT2D eigenvalue weighted by Gasteiger charge is 2.05. The van der Waals surface area contributed by atoms with Crippen molar-refractivity contribution in [3.05, 3.63) is 18.5 Å². The van der Waals surface area contributed by atoms with Crippen LogP contribution in [0.1, 0.15) is 13.3 Å². The molecule has 0 saturated heterocycles. The molecule has 1 heterocycles. The summed E-state index contributed by atoms with van der Waals surface area (Å²) in [7, 11) is 0. The summed E-state index contributed by atoms with van der Waals surface area (Å²) in [5.74, 6) is 2.66. The van der Waals surface area contributed by atoms with Crippen LogP contribution in [0, 0.1) is 5.92 Å². The molecule has 13 heavy (non-hydrogen) atoms. The smallest absolute Gasteiger partial charge is 0.187 e. The number of nitrogens with zero attached hydrogens (tertiary/aromatic N) is 2. The number of rotatable bonds is 5. The van der Waals surface area contributed by atoms with Crippen LogP contribution in [0.4, 0.5) is 0 Å². The maximum Gasteiger partial charge on any atom is 0.187 e. The predicted octanol–water partition coefficient (Wildman–Crippen LogP) is 2.52.